The van der Waals surface area contributed by atoms with Gasteiger partial charge in [-0.25, -0.2) is 4.98 Å². The second-order valence-corrected chi connectivity index (χ2v) is 6.70. The first-order valence-electron chi connectivity index (χ1n) is 7.10. The van der Waals surface area contributed by atoms with Gasteiger partial charge in [-0.05, 0) is 12.8 Å². The normalized spacial score (nSPS) is 19.3. The first kappa shape index (κ1) is 15.4. The standard InChI is InChI=1S/C14H23N3O2S/c1-9(2)14-10(3)20-13(17-14)7-16-12(18)6-11-8-19-5-4-15-11/h9,11,15H,4-8H2,1-3H3,(H,16,18). The Kier molecular flexibility index (Phi) is 5.51. The Hall–Kier alpha value is -0.980. The first-order valence-corrected chi connectivity index (χ1v) is 7.92. The third-order valence-electron chi connectivity index (χ3n) is 3.29. The Labute approximate surface area is 124 Å². The quantitative estimate of drug-likeness (QED) is 0.866. The van der Waals surface area contributed by atoms with Crippen LogP contribution in [0.2, 0.25) is 0 Å². The van der Waals surface area contributed by atoms with Gasteiger partial charge in [-0.15, -0.1) is 11.3 Å². The van der Waals surface area contributed by atoms with Crippen molar-refractivity contribution >= 4 is 17.2 Å². The highest BCUT2D eigenvalue weighted by atomic mass is 32.1. The lowest BCUT2D eigenvalue weighted by atomic mass is 10.1. The van der Waals surface area contributed by atoms with Gasteiger partial charge in [0.25, 0.3) is 0 Å². The lowest BCUT2D eigenvalue weighted by molar-refractivity contribution is -0.122. The van der Waals surface area contributed by atoms with Crippen LogP contribution in [0.5, 0.6) is 0 Å². The summed E-state index contributed by atoms with van der Waals surface area (Å²) in [4.78, 5) is 17.7. The van der Waals surface area contributed by atoms with E-state index >= 15 is 0 Å². The second kappa shape index (κ2) is 7.15. The zero-order valence-corrected chi connectivity index (χ0v) is 13.2. The highest BCUT2D eigenvalue weighted by Crippen LogP contribution is 2.23. The Morgan fingerprint density at radius 3 is 3.00 bits per heavy atom. The Morgan fingerprint density at radius 1 is 1.60 bits per heavy atom. The summed E-state index contributed by atoms with van der Waals surface area (Å²) in [5.41, 5.74) is 1.14. The molecule has 1 aliphatic rings. The van der Waals surface area contributed by atoms with Gasteiger partial charge < -0.3 is 15.4 Å². The molecular formula is C14H23N3O2S. The number of aromatic nitrogens is 1. The maximum atomic E-state index is 11.9. The molecule has 0 aromatic carbocycles. The third-order valence-corrected chi connectivity index (χ3v) is 4.28. The van der Waals surface area contributed by atoms with E-state index in [9.17, 15) is 4.79 Å². The van der Waals surface area contributed by atoms with Crippen molar-refractivity contribution in [2.24, 2.45) is 0 Å². The third kappa shape index (κ3) is 4.26. The van der Waals surface area contributed by atoms with Crippen molar-refractivity contribution in [3.8, 4) is 0 Å². The van der Waals surface area contributed by atoms with Crippen LogP contribution in [0.25, 0.3) is 0 Å². The van der Waals surface area contributed by atoms with Gasteiger partial charge in [0, 0.05) is 23.9 Å². The van der Waals surface area contributed by atoms with Gasteiger partial charge in [0.15, 0.2) is 0 Å². The molecule has 1 aromatic rings. The van der Waals surface area contributed by atoms with E-state index in [2.05, 4.69) is 36.4 Å². The summed E-state index contributed by atoms with van der Waals surface area (Å²) in [6, 6.07) is 0.132. The maximum Gasteiger partial charge on any atom is 0.222 e. The van der Waals surface area contributed by atoms with Crippen LogP contribution >= 0.6 is 11.3 Å². The zero-order chi connectivity index (χ0) is 14.5. The molecule has 1 atom stereocenters. The van der Waals surface area contributed by atoms with Crippen LogP contribution in [0.15, 0.2) is 0 Å². The molecule has 112 valence electrons. The zero-order valence-electron chi connectivity index (χ0n) is 12.4. The largest absolute Gasteiger partial charge is 0.378 e. The van der Waals surface area contributed by atoms with E-state index in [-0.39, 0.29) is 11.9 Å². The van der Waals surface area contributed by atoms with Crippen LogP contribution in [0, 0.1) is 6.92 Å². The number of rotatable bonds is 5. The van der Waals surface area contributed by atoms with Gasteiger partial charge in [-0.1, -0.05) is 13.8 Å². The summed E-state index contributed by atoms with van der Waals surface area (Å²) in [7, 11) is 0. The monoisotopic (exact) mass is 297 g/mol. The number of morpholine rings is 1. The highest BCUT2D eigenvalue weighted by Gasteiger charge is 2.17. The summed E-state index contributed by atoms with van der Waals surface area (Å²) >= 11 is 1.66. The second-order valence-electron chi connectivity index (χ2n) is 5.41. The van der Waals surface area contributed by atoms with Crippen molar-refractivity contribution in [3.63, 3.8) is 0 Å². The molecule has 1 saturated heterocycles. The van der Waals surface area contributed by atoms with Gasteiger partial charge in [0.1, 0.15) is 5.01 Å². The molecule has 1 aromatic heterocycles. The number of amides is 1. The van der Waals surface area contributed by atoms with Crippen LogP contribution < -0.4 is 10.6 Å². The van der Waals surface area contributed by atoms with Gasteiger partial charge in [0.2, 0.25) is 5.91 Å². The minimum Gasteiger partial charge on any atom is -0.378 e. The van der Waals surface area contributed by atoms with Crippen molar-refractivity contribution in [1.29, 1.82) is 0 Å². The minimum absolute atomic E-state index is 0.0481. The number of ether oxygens (including phenoxy) is 1. The molecule has 0 saturated carbocycles. The van der Waals surface area contributed by atoms with Crippen LogP contribution in [-0.2, 0) is 16.1 Å². The number of thiazole rings is 1. The number of hydrogen-bond donors (Lipinski definition) is 2. The van der Waals surface area contributed by atoms with E-state index in [1.807, 2.05) is 0 Å². The molecule has 1 amide bonds. The summed E-state index contributed by atoms with van der Waals surface area (Å²) in [5.74, 6) is 0.478. The van der Waals surface area contributed by atoms with Crippen molar-refractivity contribution in [3.05, 3.63) is 15.6 Å². The van der Waals surface area contributed by atoms with Crippen LogP contribution in [0.1, 0.15) is 41.8 Å². The number of nitrogens with one attached hydrogen (secondary N) is 2. The fraction of sp³-hybridized carbons (Fsp3) is 0.714. The van der Waals surface area contributed by atoms with Gasteiger partial charge >= 0.3 is 0 Å². The summed E-state index contributed by atoms with van der Waals surface area (Å²) < 4.78 is 5.34. The number of nitrogens with zero attached hydrogens (tertiary/aromatic N) is 1. The van der Waals surface area contributed by atoms with Crippen LogP contribution in [-0.4, -0.2) is 36.7 Å². The topological polar surface area (TPSA) is 63.2 Å². The summed E-state index contributed by atoms with van der Waals surface area (Å²) in [5, 5.41) is 7.20. The molecular weight excluding hydrogens is 274 g/mol. The SMILES string of the molecule is Cc1sc(CNC(=O)CC2COCCN2)nc1C(C)C. The Bertz CT molecular complexity index is 453. The number of hydrogen-bond acceptors (Lipinski definition) is 5. The first-order chi connectivity index (χ1) is 9.56. The molecule has 2 rings (SSSR count). The number of aryl methyl sites for hydroxylation is 1. The average Bonchev–Trinajstić information content (AvgIpc) is 2.79. The van der Waals surface area contributed by atoms with Gasteiger partial charge in [-0.2, -0.15) is 0 Å². The molecule has 0 bridgehead atoms. The number of carbonyl (C=O) groups excluding carboxylic acids is 1. The smallest absolute Gasteiger partial charge is 0.222 e. The molecule has 20 heavy (non-hydrogen) atoms. The molecule has 0 radical (unpaired) electrons. The van der Waals surface area contributed by atoms with Crippen molar-refractivity contribution in [1.82, 2.24) is 15.6 Å². The van der Waals surface area contributed by atoms with E-state index in [1.165, 1.54) is 4.88 Å². The molecule has 2 heterocycles. The van der Waals surface area contributed by atoms with Gasteiger partial charge in [0.05, 0.1) is 25.5 Å². The van der Waals surface area contributed by atoms with Crippen LogP contribution in [0.3, 0.4) is 0 Å². The molecule has 6 heteroatoms. The van der Waals surface area contributed by atoms with Crippen LogP contribution in [0.4, 0.5) is 0 Å². The fourth-order valence-corrected chi connectivity index (χ4v) is 3.32. The van der Waals surface area contributed by atoms with Gasteiger partial charge in [-0.3, -0.25) is 4.79 Å². The molecule has 0 aliphatic carbocycles. The highest BCUT2D eigenvalue weighted by molar-refractivity contribution is 7.11. The van der Waals surface area contributed by atoms with E-state index < -0.39 is 0 Å². The summed E-state index contributed by atoms with van der Waals surface area (Å²) in [6.45, 7) is 9.04. The number of carbonyl (C=O) groups is 1. The molecule has 1 fully saturated rings. The minimum atomic E-state index is 0.0481. The van der Waals surface area contributed by atoms with Crippen molar-refractivity contribution < 1.29 is 9.53 Å². The lowest BCUT2D eigenvalue weighted by Crippen LogP contribution is -2.44. The Balaban J connectivity index is 1.79. The predicted molar refractivity (Wildman–Crippen MR) is 80.0 cm³/mol. The molecule has 1 unspecified atom stereocenters. The average molecular weight is 297 g/mol. The van der Waals surface area contributed by atoms with E-state index in [0.29, 0.717) is 25.5 Å². The molecule has 0 spiro atoms. The van der Waals surface area contributed by atoms with E-state index in [0.717, 1.165) is 23.9 Å². The maximum absolute atomic E-state index is 11.9. The molecule has 2 N–H and O–H groups in total. The molecule has 5 nitrogen and oxygen atoms in total. The van der Waals surface area contributed by atoms with E-state index in [4.69, 9.17) is 4.74 Å². The fourth-order valence-electron chi connectivity index (χ4n) is 2.30. The van der Waals surface area contributed by atoms with E-state index in [1.54, 1.807) is 11.3 Å². The van der Waals surface area contributed by atoms with Crippen molar-refractivity contribution in [2.45, 2.75) is 45.7 Å². The Morgan fingerprint density at radius 2 is 2.40 bits per heavy atom. The predicted octanol–water partition coefficient (Wildman–Crippen LogP) is 1.57. The summed E-state index contributed by atoms with van der Waals surface area (Å²) in [6.07, 6.45) is 0.460. The molecule has 1 aliphatic heterocycles. The lowest BCUT2D eigenvalue weighted by Gasteiger charge is -2.23. The van der Waals surface area contributed by atoms with Crippen molar-refractivity contribution in [2.75, 3.05) is 19.8 Å².